The van der Waals surface area contributed by atoms with E-state index in [-0.39, 0.29) is 11.2 Å². The van der Waals surface area contributed by atoms with E-state index in [9.17, 15) is 4.39 Å². The first-order valence-electron chi connectivity index (χ1n) is 10.4. The van der Waals surface area contributed by atoms with Crippen molar-refractivity contribution in [1.82, 2.24) is 0 Å². The summed E-state index contributed by atoms with van der Waals surface area (Å²) in [6.07, 6.45) is 18.6. The predicted molar refractivity (Wildman–Crippen MR) is 119 cm³/mol. The molecule has 0 aromatic carbocycles. The number of hydrogen-bond acceptors (Lipinski definition) is 1. The summed E-state index contributed by atoms with van der Waals surface area (Å²) in [5, 5.41) is 0. The standard InChI is InChI=1S/C25H38FN/c1-7-8-9-18-27-19-24(26)22(4)13-10-12-20(2)15-16-23-21(3)14-11-17-25(23,5)6/h10,12-13,15-16,19H,7-9,11,14,17-18H2,1-6H3/b13-10+,16-15+,20-12+,24-22+,27-19?. The molecule has 1 aliphatic rings. The van der Waals surface area contributed by atoms with Crippen molar-refractivity contribution < 1.29 is 4.39 Å². The molecule has 1 aliphatic carbocycles. The molecule has 1 rings (SSSR count). The molecular weight excluding hydrogens is 333 g/mol. The molecule has 150 valence electrons. The maximum atomic E-state index is 14.0. The van der Waals surface area contributed by atoms with Crippen molar-refractivity contribution in [2.75, 3.05) is 6.54 Å². The van der Waals surface area contributed by atoms with Crippen LogP contribution in [0, 0.1) is 5.41 Å². The molecule has 0 aliphatic heterocycles. The molecule has 0 heterocycles. The topological polar surface area (TPSA) is 12.4 Å². The molecule has 0 bridgehead atoms. The Morgan fingerprint density at radius 1 is 1.19 bits per heavy atom. The minimum atomic E-state index is -0.255. The summed E-state index contributed by atoms with van der Waals surface area (Å²) in [6, 6.07) is 0. The van der Waals surface area contributed by atoms with Crippen LogP contribution in [-0.4, -0.2) is 12.8 Å². The summed E-state index contributed by atoms with van der Waals surface area (Å²) in [7, 11) is 0. The van der Waals surface area contributed by atoms with Crippen LogP contribution in [0.15, 0.2) is 63.5 Å². The van der Waals surface area contributed by atoms with Crippen molar-refractivity contribution in [3.63, 3.8) is 0 Å². The van der Waals surface area contributed by atoms with Crippen LogP contribution in [0.25, 0.3) is 0 Å². The van der Waals surface area contributed by atoms with Gasteiger partial charge in [0.2, 0.25) is 0 Å². The maximum absolute atomic E-state index is 14.0. The first-order chi connectivity index (χ1) is 12.8. The smallest absolute Gasteiger partial charge is 0.143 e. The average molecular weight is 372 g/mol. The van der Waals surface area contributed by atoms with E-state index in [1.54, 1.807) is 13.0 Å². The highest BCUT2D eigenvalue weighted by Crippen LogP contribution is 2.40. The van der Waals surface area contributed by atoms with Crippen molar-refractivity contribution >= 4 is 6.21 Å². The maximum Gasteiger partial charge on any atom is 0.143 e. The Hall–Kier alpha value is -1.70. The minimum Gasteiger partial charge on any atom is -0.290 e. The molecule has 0 aromatic rings. The van der Waals surface area contributed by atoms with Gasteiger partial charge in [-0.05, 0) is 63.0 Å². The van der Waals surface area contributed by atoms with E-state index in [0.29, 0.717) is 12.1 Å². The van der Waals surface area contributed by atoms with Crippen molar-refractivity contribution in [2.24, 2.45) is 10.4 Å². The van der Waals surface area contributed by atoms with Gasteiger partial charge in [0.25, 0.3) is 0 Å². The zero-order chi connectivity index (χ0) is 20.3. The van der Waals surface area contributed by atoms with Gasteiger partial charge in [0.05, 0.1) is 6.21 Å². The molecule has 0 spiro atoms. The lowest BCUT2D eigenvalue weighted by Gasteiger charge is -2.32. The SMILES string of the molecule is CCCCCN=C\C(F)=C(C)/C=C/C=C(C)/C=C/C1=C(C)CCCC1(C)C. The van der Waals surface area contributed by atoms with Crippen LogP contribution < -0.4 is 0 Å². The monoisotopic (exact) mass is 371 g/mol. The van der Waals surface area contributed by atoms with Crippen molar-refractivity contribution in [1.29, 1.82) is 0 Å². The molecule has 0 saturated carbocycles. The number of aliphatic imine (C=N–C) groups is 1. The van der Waals surface area contributed by atoms with Gasteiger partial charge < -0.3 is 0 Å². The number of halogens is 1. The Morgan fingerprint density at radius 3 is 2.59 bits per heavy atom. The minimum absolute atomic E-state index is 0.255. The van der Waals surface area contributed by atoms with E-state index in [1.165, 1.54) is 36.6 Å². The molecular formula is C25H38FN. The molecule has 2 heteroatoms. The van der Waals surface area contributed by atoms with Gasteiger partial charge >= 0.3 is 0 Å². The third-order valence-corrected chi connectivity index (χ3v) is 5.23. The lowest BCUT2D eigenvalue weighted by atomic mass is 9.72. The largest absolute Gasteiger partial charge is 0.290 e. The molecule has 0 atom stereocenters. The number of unbranched alkanes of at least 4 members (excludes halogenated alkanes) is 2. The molecule has 0 amide bonds. The third kappa shape index (κ3) is 8.69. The molecule has 0 radical (unpaired) electrons. The van der Waals surface area contributed by atoms with E-state index in [0.717, 1.165) is 24.8 Å². The van der Waals surface area contributed by atoms with Gasteiger partial charge in [-0.3, -0.25) is 4.99 Å². The summed E-state index contributed by atoms with van der Waals surface area (Å²) < 4.78 is 14.0. The first kappa shape index (κ1) is 23.3. The van der Waals surface area contributed by atoms with Crippen LogP contribution in [-0.2, 0) is 0 Å². The van der Waals surface area contributed by atoms with E-state index in [2.05, 4.69) is 51.8 Å². The van der Waals surface area contributed by atoms with Crippen LogP contribution >= 0.6 is 0 Å². The van der Waals surface area contributed by atoms with Gasteiger partial charge in [0.1, 0.15) is 5.83 Å². The summed E-state index contributed by atoms with van der Waals surface area (Å²) >= 11 is 0. The Kier molecular flexibility index (Phi) is 10.3. The second kappa shape index (κ2) is 11.9. The summed E-state index contributed by atoms with van der Waals surface area (Å²) in [5.41, 5.74) is 4.99. The average Bonchev–Trinajstić information content (AvgIpc) is 2.60. The third-order valence-electron chi connectivity index (χ3n) is 5.23. The van der Waals surface area contributed by atoms with E-state index in [1.807, 2.05) is 12.2 Å². The van der Waals surface area contributed by atoms with Gasteiger partial charge in [-0.15, -0.1) is 0 Å². The summed E-state index contributed by atoms with van der Waals surface area (Å²) in [4.78, 5) is 4.15. The summed E-state index contributed by atoms with van der Waals surface area (Å²) in [5.74, 6) is -0.255. The number of nitrogens with zero attached hydrogens (tertiary/aromatic N) is 1. The highest BCUT2D eigenvalue weighted by Gasteiger charge is 2.26. The lowest BCUT2D eigenvalue weighted by molar-refractivity contribution is 0.377. The zero-order valence-electron chi connectivity index (χ0n) is 18.2. The van der Waals surface area contributed by atoms with Gasteiger partial charge in [-0.2, -0.15) is 0 Å². The van der Waals surface area contributed by atoms with E-state index >= 15 is 0 Å². The molecule has 0 fully saturated rings. The Balaban J connectivity index is 2.68. The van der Waals surface area contributed by atoms with Gasteiger partial charge in [-0.1, -0.05) is 75.1 Å². The quantitative estimate of drug-likeness (QED) is 0.221. The molecule has 0 unspecified atom stereocenters. The molecule has 0 saturated heterocycles. The van der Waals surface area contributed by atoms with E-state index in [4.69, 9.17) is 0 Å². The van der Waals surface area contributed by atoms with Crippen LogP contribution in [0.3, 0.4) is 0 Å². The van der Waals surface area contributed by atoms with Crippen LogP contribution in [0.2, 0.25) is 0 Å². The van der Waals surface area contributed by atoms with Gasteiger partial charge in [0, 0.05) is 6.54 Å². The van der Waals surface area contributed by atoms with Crippen molar-refractivity contribution in [2.45, 2.75) is 80.1 Å². The number of hydrogen-bond donors (Lipinski definition) is 0. The highest BCUT2D eigenvalue weighted by atomic mass is 19.1. The molecule has 1 nitrogen and oxygen atoms in total. The number of allylic oxidation sites excluding steroid dienone is 10. The molecule has 27 heavy (non-hydrogen) atoms. The van der Waals surface area contributed by atoms with Gasteiger partial charge in [0.15, 0.2) is 0 Å². The van der Waals surface area contributed by atoms with Crippen molar-refractivity contribution in [3.8, 4) is 0 Å². The number of rotatable bonds is 9. The van der Waals surface area contributed by atoms with Crippen LogP contribution in [0.5, 0.6) is 0 Å². The highest BCUT2D eigenvalue weighted by molar-refractivity contribution is 5.77. The Morgan fingerprint density at radius 2 is 1.93 bits per heavy atom. The van der Waals surface area contributed by atoms with E-state index < -0.39 is 0 Å². The molecule has 0 N–H and O–H groups in total. The second-order valence-corrected chi connectivity index (χ2v) is 8.31. The first-order valence-corrected chi connectivity index (χ1v) is 10.4. The Bertz CT molecular complexity index is 654. The normalized spacial score (nSPS) is 19.6. The summed E-state index contributed by atoms with van der Waals surface area (Å²) in [6.45, 7) is 13.6. The lowest BCUT2D eigenvalue weighted by Crippen LogP contribution is -2.19. The zero-order valence-corrected chi connectivity index (χ0v) is 18.2. The van der Waals surface area contributed by atoms with Crippen LogP contribution in [0.1, 0.15) is 80.1 Å². The molecule has 0 aromatic heterocycles. The fourth-order valence-corrected chi connectivity index (χ4v) is 3.40. The van der Waals surface area contributed by atoms with Crippen LogP contribution in [0.4, 0.5) is 4.39 Å². The predicted octanol–water partition coefficient (Wildman–Crippen LogP) is 8.08. The second-order valence-electron chi connectivity index (χ2n) is 8.31. The van der Waals surface area contributed by atoms with Gasteiger partial charge in [-0.25, -0.2) is 4.39 Å². The fourth-order valence-electron chi connectivity index (χ4n) is 3.40. The Labute approximate surface area is 166 Å². The fraction of sp³-hybridized carbons (Fsp3) is 0.560. The van der Waals surface area contributed by atoms with Crippen molar-refractivity contribution in [3.05, 3.63) is 58.5 Å².